The van der Waals surface area contributed by atoms with Gasteiger partial charge in [0.1, 0.15) is 5.75 Å². The first-order valence-corrected chi connectivity index (χ1v) is 6.43. The van der Waals surface area contributed by atoms with Crippen molar-refractivity contribution in [2.75, 3.05) is 12.0 Å². The van der Waals surface area contributed by atoms with Crippen molar-refractivity contribution in [1.82, 2.24) is 0 Å². The molecule has 1 heterocycles. The molecule has 2 aromatic rings. The van der Waals surface area contributed by atoms with Crippen LogP contribution in [0.15, 0.2) is 42.5 Å². The second-order valence-electron chi connectivity index (χ2n) is 4.68. The zero-order valence-corrected chi connectivity index (χ0v) is 11.6. The number of nitrogens with zero attached hydrogens (tertiary/aromatic N) is 1. The summed E-state index contributed by atoms with van der Waals surface area (Å²) >= 11 is 0. The van der Waals surface area contributed by atoms with Crippen LogP contribution in [0.1, 0.15) is 31.1 Å². The normalized spacial score (nSPS) is 13.2. The number of hydrogen-bond acceptors (Lipinski definition) is 4. The number of carbonyl (C=O) groups excluding carboxylic acids is 2. The van der Waals surface area contributed by atoms with Crippen molar-refractivity contribution < 1.29 is 24.2 Å². The van der Waals surface area contributed by atoms with Crippen LogP contribution in [0.3, 0.4) is 0 Å². The molecule has 2 aromatic carbocycles. The average molecular weight is 297 g/mol. The van der Waals surface area contributed by atoms with Crippen LogP contribution < -0.4 is 9.64 Å². The predicted molar refractivity (Wildman–Crippen MR) is 77.5 cm³/mol. The van der Waals surface area contributed by atoms with Gasteiger partial charge in [-0.3, -0.25) is 9.59 Å². The van der Waals surface area contributed by atoms with Crippen molar-refractivity contribution in [3.8, 4) is 5.75 Å². The van der Waals surface area contributed by atoms with Gasteiger partial charge in [0.2, 0.25) is 0 Å². The van der Waals surface area contributed by atoms with Crippen molar-refractivity contribution in [2.45, 2.75) is 0 Å². The van der Waals surface area contributed by atoms with Crippen molar-refractivity contribution >= 4 is 23.5 Å². The Hall–Kier alpha value is -3.15. The summed E-state index contributed by atoms with van der Waals surface area (Å²) < 4.78 is 5.15. The number of amides is 2. The third kappa shape index (κ3) is 1.93. The molecule has 0 aromatic heterocycles. The van der Waals surface area contributed by atoms with E-state index in [9.17, 15) is 14.4 Å². The Kier molecular flexibility index (Phi) is 3.14. The Balaban J connectivity index is 2.16. The Bertz CT molecular complexity index is 777. The van der Waals surface area contributed by atoms with Gasteiger partial charge in [0, 0.05) is 0 Å². The van der Waals surface area contributed by atoms with Crippen molar-refractivity contribution in [3.05, 3.63) is 59.2 Å². The first kappa shape index (κ1) is 13.8. The van der Waals surface area contributed by atoms with Crippen LogP contribution in [0.5, 0.6) is 5.75 Å². The minimum absolute atomic E-state index is 0.0349. The van der Waals surface area contributed by atoms with E-state index in [1.807, 2.05) is 0 Å². The lowest BCUT2D eigenvalue weighted by molar-refractivity contribution is 0.0695. The van der Waals surface area contributed by atoms with E-state index in [4.69, 9.17) is 9.84 Å². The standard InChI is InChI=1S/C16H11NO5/c1-22-13-7-6-9(16(20)21)8-12(13)17-14(18)10-4-2-3-5-11(10)15(17)19/h2-8H,1H3,(H,20,21). The van der Waals surface area contributed by atoms with Gasteiger partial charge in [-0.2, -0.15) is 0 Å². The lowest BCUT2D eigenvalue weighted by atomic mass is 10.1. The molecule has 22 heavy (non-hydrogen) atoms. The Morgan fingerprint density at radius 2 is 1.64 bits per heavy atom. The van der Waals surface area contributed by atoms with Crippen molar-refractivity contribution in [3.63, 3.8) is 0 Å². The van der Waals surface area contributed by atoms with Crippen LogP contribution >= 0.6 is 0 Å². The number of carbonyl (C=O) groups is 3. The van der Waals surface area contributed by atoms with Gasteiger partial charge in [-0.15, -0.1) is 0 Å². The molecule has 110 valence electrons. The number of aromatic carboxylic acids is 1. The van der Waals surface area contributed by atoms with Gasteiger partial charge in [-0.25, -0.2) is 9.69 Å². The molecule has 0 bridgehead atoms. The summed E-state index contributed by atoms with van der Waals surface area (Å²) in [4.78, 5) is 37.0. The van der Waals surface area contributed by atoms with E-state index in [0.29, 0.717) is 0 Å². The monoisotopic (exact) mass is 297 g/mol. The Morgan fingerprint density at radius 3 is 2.14 bits per heavy atom. The number of anilines is 1. The second-order valence-corrected chi connectivity index (χ2v) is 4.68. The SMILES string of the molecule is COc1ccc(C(=O)O)cc1N1C(=O)c2ccccc2C1=O. The summed E-state index contributed by atoms with van der Waals surface area (Å²) in [6.07, 6.45) is 0. The number of benzene rings is 2. The predicted octanol–water partition coefficient (Wildman–Crippen LogP) is 2.19. The van der Waals surface area contributed by atoms with Gasteiger partial charge in [-0.1, -0.05) is 12.1 Å². The molecule has 0 saturated heterocycles. The van der Waals surface area contributed by atoms with E-state index < -0.39 is 17.8 Å². The number of carboxylic acids is 1. The first-order valence-electron chi connectivity index (χ1n) is 6.43. The van der Waals surface area contributed by atoms with Crippen LogP contribution in [0.2, 0.25) is 0 Å². The summed E-state index contributed by atoms with van der Waals surface area (Å²) in [7, 11) is 1.39. The molecule has 0 spiro atoms. The summed E-state index contributed by atoms with van der Waals surface area (Å²) in [6.45, 7) is 0. The number of hydrogen-bond donors (Lipinski definition) is 1. The molecule has 3 rings (SSSR count). The highest BCUT2D eigenvalue weighted by atomic mass is 16.5. The van der Waals surface area contributed by atoms with Gasteiger partial charge in [0.15, 0.2) is 0 Å². The zero-order valence-electron chi connectivity index (χ0n) is 11.6. The number of imide groups is 1. The molecule has 6 heteroatoms. The molecule has 0 fully saturated rings. The molecule has 1 aliphatic heterocycles. The first-order chi connectivity index (χ1) is 10.5. The maximum atomic E-state index is 12.5. The summed E-state index contributed by atoms with van der Waals surface area (Å²) in [5.41, 5.74) is 0.659. The molecule has 0 unspecified atom stereocenters. The number of ether oxygens (including phenoxy) is 1. The highest BCUT2D eigenvalue weighted by Gasteiger charge is 2.38. The van der Waals surface area contributed by atoms with Crippen molar-refractivity contribution in [1.29, 1.82) is 0 Å². The molecular formula is C16H11NO5. The second kappa shape index (κ2) is 5.00. The molecule has 2 amide bonds. The minimum atomic E-state index is -1.15. The van der Waals surface area contributed by atoms with E-state index in [-0.39, 0.29) is 28.1 Å². The van der Waals surface area contributed by atoms with Gasteiger partial charge >= 0.3 is 5.97 Å². The lowest BCUT2D eigenvalue weighted by Gasteiger charge is -2.17. The fourth-order valence-electron chi connectivity index (χ4n) is 2.41. The van der Waals surface area contributed by atoms with Gasteiger partial charge in [-0.05, 0) is 30.3 Å². The molecule has 1 aliphatic rings. The van der Waals surface area contributed by atoms with Gasteiger partial charge in [0.05, 0.1) is 29.5 Å². The van der Waals surface area contributed by atoms with Crippen LogP contribution in [-0.2, 0) is 0 Å². The van der Waals surface area contributed by atoms with Crippen LogP contribution in [0.25, 0.3) is 0 Å². The average Bonchev–Trinajstić information content (AvgIpc) is 2.78. The molecule has 1 N–H and O–H groups in total. The molecule has 0 radical (unpaired) electrons. The zero-order chi connectivity index (χ0) is 15.9. The maximum absolute atomic E-state index is 12.5. The number of fused-ring (bicyclic) bond motifs is 1. The fourth-order valence-corrected chi connectivity index (χ4v) is 2.41. The highest BCUT2D eigenvalue weighted by molar-refractivity contribution is 6.34. The topological polar surface area (TPSA) is 83.9 Å². The quantitative estimate of drug-likeness (QED) is 0.878. The number of carboxylic acid groups (broad SMARTS) is 1. The van der Waals surface area contributed by atoms with E-state index in [2.05, 4.69) is 0 Å². The third-order valence-corrected chi connectivity index (χ3v) is 3.46. The van der Waals surface area contributed by atoms with E-state index in [1.54, 1.807) is 24.3 Å². The highest BCUT2D eigenvalue weighted by Crippen LogP contribution is 2.35. The van der Waals surface area contributed by atoms with Crippen LogP contribution in [0.4, 0.5) is 5.69 Å². The largest absolute Gasteiger partial charge is 0.495 e. The van der Waals surface area contributed by atoms with E-state index in [0.717, 1.165) is 4.90 Å². The molecule has 0 atom stereocenters. The van der Waals surface area contributed by atoms with Crippen LogP contribution in [-0.4, -0.2) is 30.0 Å². The Labute approximate surface area is 125 Å². The molecular weight excluding hydrogens is 286 g/mol. The molecule has 0 aliphatic carbocycles. The third-order valence-electron chi connectivity index (χ3n) is 3.46. The Morgan fingerprint density at radius 1 is 1.05 bits per heavy atom. The summed E-state index contributed by atoms with van der Waals surface area (Å²) in [5, 5.41) is 9.09. The van der Waals surface area contributed by atoms with Crippen LogP contribution in [0, 0.1) is 0 Å². The van der Waals surface area contributed by atoms with E-state index >= 15 is 0 Å². The number of rotatable bonds is 3. The molecule has 6 nitrogen and oxygen atoms in total. The van der Waals surface area contributed by atoms with Gasteiger partial charge < -0.3 is 9.84 Å². The van der Waals surface area contributed by atoms with Crippen molar-refractivity contribution in [2.24, 2.45) is 0 Å². The van der Waals surface area contributed by atoms with E-state index in [1.165, 1.54) is 25.3 Å². The fraction of sp³-hybridized carbons (Fsp3) is 0.0625. The number of methoxy groups -OCH3 is 1. The van der Waals surface area contributed by atoms with Gasteiger partial charge in [0.25, 0.3) is 11.8 Å². The summed E-state index contributed by atoms with van der Waals surface area (Å²) in [5.74, 6) is -1.90. The lowest BCUT2D eigenvalue weighted by Crippen LogP contribution is -2.30. The maximum Gasteiger partial charge on any atom is 0.335 e. The molecule has 0 saturated carbocycles. The minimum Gasteiger partial charge on any atom is -0.495 e. The summed E-state index contributed by atoms with van der Waals surface area (Å²) in [6, 6.07) is 10.5. The smallest absolute Gasteiger partial charge is 0.335 e.